The molecule has 0 saturated carbocycles. The van der Waals surface area contributed by atoms with E-state index in [9.17, 15) is 0 Å². The van der Waals surface area contributed by atoms with E-state index < -0.39 is 0 Å². The first-order valence-electron chi connectivity index (χ1n) is 17.3. The van der Waals surface area contributed by atoms with E-state index in [1.807, 2.05) is 12.1 Å². The first kappa shape index (κ1) is 28.7. The highest BCUT2D eigenvalue weighted by molar-refractivity contribution is 6.13. The Morgan fingerprint density at radius 1 is 0.440 bits per heavy atom. The van der Waals surface area contributed by atoms with Gasteiger partial charge in [0, 0.05) is 33.0 Å². The Kier molecular flexibility index (Phi) is 6.22. The van der Waals surface area contributed by atoms with Gasteiger partial charge in [-0.2, -0.15) is 0 Å². The van der Waals surface area contributed by atoms with Crippen LogP contribution in [0.1, 0.15) is 25.0 Å². The summed E-state index contributed by atoms with van der Waals surface area (Å²) < 4.78 is 2.25. The molecule has 3 nitrogen and oxygen atoms in total. The fourth-order valence-corrected chi connectivity index (χ4v) is 8.06. The molecule has 2 heterocycles. The molecule has 1 aliphatic carbocycles. The van der Waals surface area contributed by atoms with Gasteiger partial charge in [-0.1, -0.05) is 135 Å². The summed E-state index contributed by atoms with van der Waals surface area (Å²) in [5, 5.41) is 3.63. The van der Waals surface area contributed by atoms with Crippen LogP contribution in [0.25, 0.3) is 83.3 Å². The van der Waals surface area contributed by atoms with Crippen molar-refractivity contribution in [2.75, 3.05) is 0 Å². The van der Waals surface area contributed by atoms with Crippen LogP contribution in [-0.4, -0.2) is 14.5 Å². The van der Waals surface area contributed by atoms with E-state index in [1.54, 1.807) is 0 Å². The number of aromatic nitrogens is 3. The van der Waals surface area contributed by atoms with Gasteiger partial charge >= 0.3 is 0 Å². The van der Waals surface area contributed by atoms with E-state index in [0.29, 0.717) is 0 Å². The first-order valence-corrected chi connectivity index (χ1v) is 17.3. The van der Waals surface area contributed by atoms with Crippen LogP contribution >= 0.6 is 0 Å². The highest BCUT2D eigenvalue weighted by Crippen LogP contribution is 2.51. The summed E-state index contributed by atoms with van der Waals surface area (Å²) in [5.41, 5.74) is 15.1. The molecule has 10 rings (SSSR count). The molecule has 3 heteroatoms. The molecular weight excluding hydrogens is 607 g/mol. The van der Waals surface area contributed by atoms with Crippen molar-refractivity contribution in [2.24, 2.45) is 0 Å². The van der Waals surface area contributed by atoms with Gasteiger partial charge in [-0.15, -0.1) is 0 Å². The number of pyridine rings is 1. The van der Waals surface area contributed by atoms with Crippen molar-refractivity contribution < 1.29 is 0 Å². The molecule has 0 bridgehead atoms. The average Bonchev–Trinajstić information content (AvgIpc) is 3.67. The molecule has 0 atom stereocenters. The number of hydrogen-bond donors (Lipinski definition) is 0. The number of para-hydroxylation sites is 4. The molecule has 1 aliphatic rings. The number of imidazole rings is 1. The minimum atomic E-state index is -0.0793. The van der Waals surface area contributed by atoms with Crippen LogP contribution in [0.15, 0.2) is 164 Å². The fourth-order valence-electron chi connectivity index (χ4n) is 8.06. The predicted octanol–water partition coefficient (Wildman–Crippen LogP) is 12.0. The second-order valence-corrected chi connectivity index (χ2v) is 13.8. The summed E-state index contributed by atoms with van der Waals surface area (Å²) in [6.07, 6.45) is 0. The fraction of sp³-hybridized carbons (Fsp3) is 0.0638. The van der Waals surface area contributed by atoms with Crippen LogP contribution in [0.2, 0.25) is 0 Å². The monoisotopic (exact) mass is 639 g/mol. The maximum atomic E-state index is 5.29. The number of nitrogens with zero attached hydrogens (tertiary/aromatic N) is 3. The van der Waals surface area contributed by atoms with Crippen molar-refractivity contribution in [1.29, 1.82) is 0 Å². The average molecular weight is 640 g/mol. The molecule has 2 aromatic heterocycles. The number of hydrogen-bond acceptors (Lipinski definition) is 2. The Labute approximate surface area is 291 Å². The largest absolute Gasteiger partial charge is 0.292 e. The SMILES string of the molecule is CC1(C)c2ccccc2-c2cc3c(cc21)c(-c1ccc(-c2ccc(-c4nc5ccccc5n4-c4ccccc4)cc2)cc1)nc1ccccc13. The maximum Gasteiger partial charge on any atom is 0.145 e. The molecule has 0 amide bonds. The molecular formula is C47H33N3. The van der Waals surface area contributed by atoms with E-state index in [1.165, 1.54) is 44.0 Å². The Morgan fingerprint density at radius 2 is 1.06 bits per heavy atom. The minimum absolute atomic E-state index is 0.0793. The van der Waals surface area contributed by atoms with E-state index in [2.05, 4.69) is 170 Å². The van der Waals surface area contributed by atoms with E-state index in [-0.39, 0.29) is 5.41 Å². The van der Waals surface area contributed by atoms with Crippen LogP contribution in [-0.2, 0) is 5.41 Å². The van der Waals surface area contributed by atoms with Gasteiger partial charge in [-0.05, 0) is 81.2 Å². The molecule has 0 N–H and O–H groups in total. The molecule has 9 aromatic rings. The van der Waals surface area contributed by atoms with Crippen LogP contribution in [0.5, 0.6) is 0 Å². The van der Waals surface area contributed by atoms with E-state index in [4.69, 9.17) is 9.97 Å². The standard InChI is InChI=1S/C47H33N3/c1-47(2)40-16-8-6-14-35(40)38-28-37-36-15-7-9-17-42(36)48-45(39(37)29-41(38)47)32-24-20-30(21-25-32)31-22-26-33(27-23-31)46-49-43-18-10-11-19-44(43)50(46)34-12-4-3-5-13-34/h3-29H,1-2H3. The molecule has 0 radical (unpaired) electrons. The lowest BCUT2D eigenvalue weighted by atomic mass is 9.81. The number of fused-ring (bicyclic) bond motifs is 7. The maximum absolute atomic E-state index is 5.29. The molecule has 0 fully saturated rings. The minimum Gasteiger partial charge on any atom is -0.292 e. The van der Waals surface area contributed by atoms with Crippen LogP contribution in [0.4, 0.5) is 0 Å². The van der Waals surface area contributed by atoms with Gasteiger partial charge in [0.15, 0.2) is 0 Å². The number of rotatable bonds is 4. The summed E-state index contributed by atoms with van der Waals surface area (Å²) >= 11 is 0. The Balaban J connectivity index is 1.05. The van der Waals surface area contributed by atoms with Gasteiger partial charge in [-0.25, -0.2) is 9.97 Å². The Hall–Kier alpha value is -6.32. The lowest BCUT2D eigenvalue weighted by molar-refractivity contribution is 0.661. The topological polar surface area (TPSA) is 30.7 Å². The second-order valence-electron chi connectivity index (χ2n) is 13.8. The molecule has 0 aliphatic heterocycles. The van der Waals surface area contributed by atoms with Crippen molar-refractivity contribution in [2.45, 2.75) is 19.3 Å². The molecule has 0 unspecified atom stereocenters. The quantitative estimate of drug-likeness (QED) is 0.179. The molecule has 0 spiro atoms. The van der Waals surface area contributed by atoms with Crippen molar-refractivity contribution in [3.05, 3.63) is 175 Å². The lowest BCUT2D eigenvalue weighted by Gasteiger charge is -2.22. The van der Waals surface area contributed by atoms with Crippen molar-refractivity contribution in [1.82, 2.24) is 14.5 Å². The van der Waals surface area contributed by atoms with Crippen molar-refractivity contribution in [3.8, 4) is 50.6 Å². The zero-order chi connectivity index (χ0) is 33.4. The number of benzene rings is 7. The highest BCUT2D eigenvalue weighted by Gasteiger charge is 2.35. The smallest absolute Gasteiger partial charge is 0.145 e. The molecule has 236 valence electrons. The zero-order valence-electron chi connectivity index (χ0n) is 27.9. The van der Waals surface area contributed by atoms with Crippen LogP contribution in [0, 0.1) is 0 Å². The van der Waals surface area contributed by atoms with Crippen molar-refractivity contribution >= 4 is 32.7 Å². The van der Waals surface area contributed by atoms with Crippen LogP contribution in [0.3, 0.4) is 0 Å². The summed E-state index contributed by atoms with van der Waals surface area (Å²) in [6.45, 7) is 4.68. The third-order valence-electron chi connectivity index (χ3n) is 10.6. The first-order chi connectivity index (χ1) is 24.5. The molecule has 7 aromatic carbocycles. The summed E-state index contributed by atoms with van der Waals surface area (Å²) in [4.78, 5) is 10.3. The third kappa shape index (κ3) is 4.30. The van der Waals surface area contributed by atoms with Gasteiger partial charge in [0.25, 0.3) is 0 Å². The van der Waals surface area contributed by atoms with Crippen molar-refractivity contribution in [3.63, 3.8) is 0 Å². The van der Waals surface area contributed by atoms with Gasteiger partial charge in [0.2, 0.25) is 0 Å². The Morgan fingerprint density at radius 3 is 1.84 bits per heavy atom. The van der Waals surface area contributed by atoms with Gasteiger partial charge in [0.1, 0.15) is 5.82 Å². The highest BCUT2D eigenvalue weighted by atomic mass is 15.1. The Bertz CT molecular complexity index is 2750. The summed E-state index contributed by atoms with van der Waals surface area (Å²) in [6, 6.07) is 58.7. The third-order valence-corrected chi connectivity index (χ3v) is 10.6. The predicted molar refractivity (Wildman–Crippen MR) is 208 cm³/mol. The summed E-state index contributed by atoms with van der Waals surface area (Å²) in [5.74, 6) is 0.936. The van der Waals surface area contributed by atoms with Gasteiger partial charge < -0.3 is 0 Å². The van der Waals surface area contributed by atoms with E-state index in [0.717, 1.165) is 50.4 Å². The normalized spacial score (nSPS) is 13.2. The lowest BCUT2D eigenvalue weighted by Crippen LogP contribution is -2.14. The van der Waals surface area contributed by atoms with Gasteiger partial charge in [-0.3, -0.25) is 4.57 Å². The molecule has 0 saturated heterocycles. The zero-order valence-corrected chi connectivity index (χ0v) is 27.9. The van der Waals surface area contributed by atoms with Crippen LogP contribution < -0.4 is 0 Å². The molecule has 50 heavy (non-hydrogen) atoms. The van der Waals surface area contributed by atoms with E-state index >= 15 is 0 Å². The van der Waals surface area contributed by atoms with Gasteiger partial charge in [0.05, 0.1) is 22.2 Å². The summed E-state index contributed by atoms with van der Waals surface area (Å²) in [7, 11) is 0. The second kappa shape index (κ2) is 10.8.